The quantitative estimate of drug-likeness (QED) is 0.700. The first kappa shape index (κ1) is 14.6. The molecule has 0 radical (unpaired) electrons. The summed E-state index contributed by atoms with van der Waals surface area (Å²) >= 11 is 0. The summed E-state index contributed by atoms with van der Waals surface area (Å²) in [6.07, 6.45) is 10.2. The van der Waals surface area contributed by atoms with Gasteiger partial charge in [0.1, 0.15) is 0 Å². The Balaban J connectivity index is 2.03. The van der Waals surface area contributed by atoms with Gasteiger partial charge in [0, 0.05) is 17.3 Å². The van der Waals surface area contributed by atoms with Crippen molar-refractivity contribution in [2.24, 2.45) is 5.92 Å². The fourth-order valence-electron chi connectivity index (χ4n) is 3.13. The van der Waals surface area contributed by atoms with E-state index in [1.165, 1.54) is 43.4 Å². The van der Waals surface area contributed by atoms with Crippen LogP contribution in [0.5, 0.6) is 0 Å². The number of hydrogen-bond donors (Lipinski definition) is 0. The molecule has 1 saturated carbocycles. The highest BCUT2D eigenvalue weighted by atomic mass is 14.7. The Morgan fingerprint density at radius 1 is 1.11 bits per heavy atom. The minimum atomic E-state index is 0.207. The highest BCUT2D eigenvalue weighted by Gasteiger charge is 2.23. The van der Waals surface area contributed by atoms with Crippen molar-refractivity contribution < 1.29 is 0 Å². The van der Waals surface area contributed by atoms with E-state index in [0.717, 1.165) is 18.3 Å². The molecule has 0 bridgehead atoms. The van der Waals surface area contributed by atoms with Crippen LogP contribution in [0.15, 0.2) is 18.3 Å². The Labute approximate surface area is 118 Å². The number of hydrogen-bond acceptors (Lipinski definition) is 1. The maximum absolute atomic E-state index is 4.74. The summed E-state index contributed by atoms with van der Waals surface area (Å²) in [6.45, 7) is 9.12. The molecular formula is C18H29N. The summed E-state index contributed by atoms with van der Waals surface area (Å²) < 4.78 is 0. The van der Waals surface area contributed by atoms with Crippen LogP contribution in [0, 0.1) is 5.92 Å². The highest BCUT2D eigenvalue weighted by Crippen LogP contribution is 2.37. The average molecular weight is 259 g/mol. The third kappa shape index (κ3) is 3.38. The molecule has 19 heavy (non-hydrogen) atoms. The van der Waals surface area contributed by atoms with E-state index in [9.17, 15) is 0 Å². The molecule has 1 heterocycles. The molecule has 1 aliphatic rings. The zero-order chi connectivity index (χ0) is 13.9. The Hall–Kier alpha value is -0.850. The van der Waals surface area contributed by atoms with Crippen molar-refractivity contribution in [3.05, 3.63) is 29.6 Å². The molecule has 0 spiro atoms. The maximum atomic E-state index is 4.74. The number of pyridine rings is 1. The molecule has 1 nitrogen and oxygen atoms in total. The van der Waals surface area contributed by atoms with Crippen molar-refractivity contribution in [1.29, 1.82) is 0 Å². The molecule has 106 valence electrons. The van der Waals surface area contributed by atoms with Gasteiger partial charge in [-0.15, -0.1) is 0 Å². The predicted molar refractivity (Wildman–Crippen MR) is 82.5 cm³/mol. The van der Waals surface area contributed by atoms with Gasteiger partial charge in [0.15, 0.2) is 0 Å². The van der Waals surface area contributed by atoms with Crippen molar-refractivity contribution in [2.45, 2.75) is 77.6 Å². The van der Waals surface area contributed by atoms with Crippen LogP contribution >= 0.6 is 0 Å². The smallest absolute Gasteiger partial charge is 0.0459 e. The lowest BCUT2D eigenvalue weighted by Crippen LogP contribution is -2.18. The predicted octanol–water partition coefficient (Wildman–Crippen LogP) is 5.45. The Morgan fingerprint density at radius 2 is 1.79 bits per heavy atom. The lowest BCUT2D eigenvalue weighted by molar-refractivity contribution is 0.318. The van der Waals surface area contributed by atoms with Gasteiger partial charge in [-0.05, 0) is 55.6 Å². The number of nitrogens with zero attached hydrogens (tertiary/aromatic N) is 1. The normalized spacial score (nSPS) is 24.4. The average Bonchev–Trinajstić information content (AvgIpc) is 2.47. The molecule has 0 amide bonds. The third-order valence-corrected chi connectivity index (χ3v) is 5.26. The van der Waals surface area contributed by atoms with Crippen LogP contribution in [0.4, 0.5) is 0 Å². The molecule has 0 atom stereocenters. The van der Waals surface area contributed by atoms with Gasteiger partial charge >= 0.3 is 0 Å². The molecule has 1 aromatic rings. The first-order chi connectivity index (χ1) is 9.06. The van der Waals surface area contributed by atoms with Gasteiger partial charge in [-0.1, -0.05) is 40.2 Å². The second-order valence-electron chi connectivity index (χ2n) is 6.84. The van der Waals surface area contributed by atoms with Gasteiger partial charge in [0.2, 0.25) is 0 Å². The van der Waals surface area contributed by atoms with Crippen molar-refractivity contribution >= 4 is 0 Å². The van der Waals surface area contributed by atoms with Gasteiger partial charge in [-0.25, -0.2) is 0 Å². The SMILES string of the molecule is CCC(C)(C)c1ccc([C@H]2CC[C@H](CC)CC2)cn1. The van der Waals surface area contributed by atoms with Gasteiger partial charge < -0.3 is 0 Å². The van der Waals surface area contributed by atoms with Gasteiger partial charge in [0.25, 0.3) is 0 Å². The van der Waals surface area contributed by atoms with Crippen LogP contribution in [0.25, 0.3) is 0 Å². The van der Waals surface area contributed by atoms with E-state index in [2.05, 4.69) is 46.0 Å². The summed E-state index contributed by atoms with van der Waals surface area (Å²) in [4.78, 5) is 4.74. The first-order valence-corrected chi connectivity index (χ1v) is 8.03. The van der Waals surface area contributed by atoms with Crippen LogP contribution in [-0.4, -0.2) is 4.98 Å². The summed E-state index contributed by atoms with van der Waals surface area (Å²) in [5.41, 5.74) is 2.91. The lowest BCUT2D eigenvalue weighted by Gasteiger charge is -2.28. The molecule has 0 saturated heterocycles. The van der Waals surface area contributed by atoms with Crippen molar-refractivity contribution in [3.8, 4) is 0 Å². The zero-order valence-corrected chi connectivity index (χ0v) is 13.1. The topological polar surface area (TPSA) is 12.9 Å². The van der Waals surface area contributed by atoms with Crippen LogP contribution in [0.2, 0.25) is 0 Å². The molecule has 1 aromatic heterocycles. The molecule has 1 fully saturated rings. The first-order valence-electron chi connectivity index (χ1n) is 8.03. The molecule has 1 heteroatoms. The number of rotatable bonds is 4. The zero-order valence-electron chi connectivity index (χ0n) is 13.1. The monoisotopic (exact) mass is 259 g/mol. The second kappa shape index (κ2) is 6.07. The van der Waals surface area contributed by atoms with Crippen LogP contribution in [-0.2, 0) is 5.41 Å². The molecular weight excluding hydrogens is 230 g/mol. The number of aromatic nitrogens is 1. The van der Waals surface area contributed by atoms with E-state index < -0.39 is 0 Å². The Morgan fingerprint density at radius 3 is 2.26 bits per heavy atom. The lowest BCUT2D eigenvalue weighted by atomic mass is 9.78. The van der Waals surface area contributed by atoms with Crippen molar-refractivity contribution in [2.75, 3.05) is 0 Å². The van der Waals surface area contributed by atoms with Crippen molar-refractivity contribution in [1.82, 2.24) is 4.98 Å². The summed E-state index contributed by atoms with van der Waals surface area (Å²) in [5, 5.41) is 0. The molecule has 0 N–H and O–H groups in total. The van der Waals surface area contributed by atoms with E-state index in [4.69, 9.17) is 4.98 Å². The van der Waals surface area contributed by atoms with E-state index >= 15 is 0 Å². The summed E-state index contributed by atoms with van der Waals surface area (Å²) in [6, 6.07) is 4.58. The fourth-order valence-corrected chi connectivity index (χ4v) is 3.13. The Bertz CT molecular complexity index is 383. The van der Waals surface area contributed by atoms with Crippen LogP contribution < -0.4 is 0 Å². The van der Waals surface area contributed by atoms with Crippen LogP contribution in [0.3, 0.4) is 0 Å². The third-order valence-electron chi connectivity index (χ3n) is 5.26. The molecule has 2 rings (SSSR count). The molecule has 0 aliphatic heterocycles. The largest absolute Gasteiger partial charge is 0.260 e. The van der Waals surface area contributed by atoms with Crippen LogP contribution in [0.1, 0.15) is 83.4 Å². The van der Waals surface area contributed by atoms with Crippen molar-refractivity contribution in [3.63, 3.8) is 0 Å². The molecule has 0 unspecified atom stereocenters. The van der Waals surface area contributed by atoms with Gasteiger partial charge in [0.05, 0.1) is 0 Å². The van der Waals surface area contributed by atoms with Gasteiger partial charge in [-0.2, -0.15) is 0 Å². The fraction of sp³-hybridized carbons (Fsp3) is 0.722. The van der Waals surface area contributed by atoms with E-state index in [0.29, 0.717) is 0 Å². The standard InChI is InChI=1S/C18H29N/c1-5-14-7-9-15(10-8-14)16-11-12-17(19-13-16)18(3,4)6-2/h11-15H,5-10H2,1-4H3/t14-,15-. The van der Waals surface area contributed by atoms with E-state index in [1.807, 2.05) is 0 Å². The minimum Gasteiger partial charge on any atom is -0.260 e. The van der Waals surface area contributed by atoms with Gasteiger partial charge in [-0.3, -0.25) is 4.98 Å². The van der Waals surface area contributed by atoms with E-state index in [-0.39, 0.29) is 5.41 Å². The maximum Gasteiger partial charge on any atom is 0.0459 e. The molecule has 0 aromatic carbocycles. The van der Waals surface area contributed by atoms with E-state index in [1.54, 1.807) is 0 Å². The summed E-state index contributed by atoms with van der Waals surface area (Å²) in [7, 11) is 0. The summed E-state index contributed by atoms with van der Waals surface area (Å²) in [5.74, 6) is 1.73. The minimum absolute atomic E-state index is 0.207. The highest BCUT2D eigenvalue weighted by molar-refractivity contribution is 5.22. The molecule has 1 aliphatic carbocycles. The Kier molecular flexibility index (Phi) is 4.65. The second-order valence-corrected chi connectivity index (χ2v) is 6.84.